The van der Waals surface area contributed by atoms with Gasteiger partial charge < -0.3 is 14.4 Å². The first-order valence-corrected chi connectivity index (χ1v) is 8.76. The number of hydrogen-bond donors (Lipinski definition) is 0. The highest BCUT2D eigenvalue weighted by atomic mass is 16.5. The second-order valence-corrected chi connectivity index (χ2v) is 7.12. The van der Waals surface area contributed by atoms with Crippen molar-refractivity contribution in [3.63, 3.8) is 0 Å². The Morgan fingerprint density at radius 2 is 2.08 bits per heavy atom. The molecule has 2 fully saturated rings. The van der Waals surface area contributed by atoms with Gasteiger partial charge in [-0.15, -0.1) is 0 Å². The number of carbonyl (C=O) groups is 1. The van der Waals surface area contributed by atoms with Crippen molar-refractivity contribution in [2.75, 3.05) is 13.7 Å². The summed E-state index contributed by atoms with van der Waals surface area (Å²) in [6.45, 7) is 1.25. The number of carbonyl (C=O) groups excluding carboxylic acids is 1. The molecule has 1 aromatic carbocycles. The lowest BCUT2D eigenvalue weighted by Gasteiger charge is -2.35. The van der Waals surface area contributed by atoms with Crippen molar-refractivity contribution >= 4 is 16.9 Å². The van der Waals surface area contributed by atoms with E-state index in [2.05, 4.69) is 17.0 Å². The van der Waals surface area contributed by atoms with Crippen molar-refractivity contribution in [3.8, 4) is 5.75 Å². The standard InChI is InChI=1S/C18H21N3O3/c1-20-11-5-6-12(20)10-13(9-11)24-18(22)16-14-3-2-4-15-17(14)21(19-16)7-8-23-15/h2-4,11-13H,5-10H2,1H3/t11-,12+,13?. The van der Waals surface area contributed by atoms with Gasteiger partial charge in [-0.25, -0.2) is 4.79 Å². The van der Waals surface area contributed by atoms with E-state index in [-0.39, 0.29) is 12.1 Å². The topological polar surface area (TPSA) is 56.6 Å². The molecule has 3 atom stereocenters. The van der Waals surface area contributed by atoms with Crippen LogP contribution >= 0.6 is 0 Å². The highest BCUT2D eigenvalue weighted by Gasteiger charge is 2.40. The van der Waals surface area contributed by atoms with Crippen molar-refractivity contribution in [1.29, 1.82) is 0 Å². The van der Waals surface area contributed by atoms with Gasteiger partial charge in [0.1, 0.15) is 24.0 Å². The molecular formula is C18H21N3O3. The molecular weight excluding hydrogens is 306 g/mol. The Labute approximate surface area is 140 Å². The second-order valence-electron chi connectivity index (χ2n) is 7.12. The van der Waals surface area contributed by atoms with Crippen molar-refractivity contribution in [1.82, 2.24) is 14.7 Å². The van der Waals surface area contributed by atoms with Crippen molar-refractivity contribution in [3.05, 3.63) is 23.9 Å². The Bertz CT molecular complexity index is 801. The molecule has 0 aliphatic carbocycles. The van der Waals surface area contributed by atoms with Crippen molar-refractivity contribution < 1.29 is 14.3 Å². The van der Waals surface area contributed by atoms with Crippen LogP contribution in [-0.2, 0) is 11.3 Å². The Morgan fingerprint density at radius 1 is 1.29 bits per heavy atom. The van der Waals surface area contributed by atoms with Gasteiger partial charge >= 0.3 is 5.97 Å². The summed E-state index contributed by atoms with van der Waals surface area (Å²) in [6.07, 6.45) is 4.31. The van der Waals surface area contributed by atoms with Crippen LogP contribution in [0.25, 0.3) is 10.9 Å². The van der Waals surface area contributed by atoms with E-state index in [0.29, 0.717) is 30.9 Å². The van der Waals surface area contributed by atoms with E-state index >= 15 is 0 Å². The van der Waals surface area contributed by atoms with Crippen LogP contribution in [0.1, 0.15) is 36.2 Å². The monoisotopic (exact) mass is 327 g/mol. The van der Waals surface area contributed by atoms with Gasteiger partial charge in [-0.1, -0.05) is 12.1 Å². The summed E-state index contributed by atoms with van der Waals surface area (Å²) in [4.78, 5) is 15.2. The molecule has 0 spiro atoms. The van der Waals surface area contributed by atoms with Gasteiger partial charge in [0.15, 0.2) is 5.69 Å². The molecule has 1 unspecified atom stereocenters. The normalized spacial score (nSPS) is 28.8. The van der Waals surface area contributed by atoms with Gasteiger partial charge in [-0.3, -0.25) is 4.68 Å². The lowest BCUT2D eigenvalue weighted by molar-refractivity contribution is -0.000896. The minimum atomic E-state index is -0.299. The van der Waals surface area contributed by atoms with Gasteiger partial charge in [-0.05, 0) is 26.0 Å². The van der Waals surface area contributed by atoms with Crippen LogP contribution in [-0.4, -0.2) is 52.5 Å². The molecule has 0 saturated carbocycles. The average Bonchev–Trinajstić information content (AvgIpc) is 3.04. The zero-order valence-electron chi connectivity index (χ0n) is 13.8. The summed E-state index contributed by atoms with van der Waals surface area (Å²) in [5.74, 6) is 0.495. The molecule has 2 aromatic rings. The number of nitrogens with zero attached hydrogens (tertiary/aromatic N) is 3. The van der Waals surface area contributed by atoms with Crippen LogP contribution in [0.2, 0.25) is 0 Å². The Hall–Kier alpha value is -2.08. The van der Waals surface area contributed by atoms with E-state index in [1.54, 1.807) is 0 Å². The molecule has 2 bridgehead atoms. The van der Waals surface area contributed by atoms with Crippen molar-refractivity contribution in [2.24, 2.45) is 0 Å². The molecule has 0 radical (unpaired) electrons. The maximum Gasteiger partial charge on any atom is 0.359 e. The van der Waals surface area contributed by atoms with E-state index in [4.69, 9.17) is 9.47 Å². The number of fused-ring (bicyclic) bond motifs is 2. The third-order valence-electron chi connectivity index (χ3n) is 5.82. The van der Waals surface area contributed by atoms with Crippen LogP contribution in [0.15, 0.2) is 18.2 Å². The summed E-state index contributed by atoms with van der Waals surface area (Å²) in [5, 5.41) is 5.33. The SMILES string of the molecule is CN1[C@@H]2CC[C@H]1CC(OC(=O)c1nn3c4c(cccc14)OCC3)C2. The summed E-state index contributed by atoms with van der Waals surface area (Å²) in [7, 11) is 2.19. The van der Waals surface area contributed by atoms with E-state index in [0.717, 1.165) is 29.5 Å². The summed E-state index contributed by atoms with van der Waals surface area (Å²) in [5.41, 5.74) is 1.32. The molecule has 3 aliphatic rings. The van der Waals surface area contributed by atoms with Gasteiger partial charge in [0.25, 0.3) is 0 Å². The summed E-state index contributed by atoms with van der Waals surface area (Å²) >= 11 is 0. The lowest BCUT2D eigenvalue weighted by Crippen LogP contribution is -2.43. The largest absolute Gasteiger partial charge is 0.489 e. The molecule has 0 amide bonds. The third kappa shape index (κ3) is 2.05. The first-order chi connectivity index (χ1) is 11.7. The molecule has 3 aliphatic heterocycles. The number of para-hydroxylation sites is 1. The number of hydrogen-bond acceptors (Lipinski definition) is 5. The number of ether oxygens (including phenoxy) is 2. The van der Waals surface area contributed by atoms with Crippen LogP contribution in [0.5, 0.6) is 5.75 Å². The second kappa shape index (κ2) is 5.21. The number of benzene rings is 1. The maximum absolute atomic E-state index is 12.8. The number of aromatic nitrogens is 2. The predicted molar refractivity (Wildman–Crippen MR) is 88.2 cm³/mol. The summed E-state index contributed by atoms with van der Waals surface area (Å²) in [6, 6.07) is 6.85. The highest BCUT2D eigenvalue weighted by Crippen LogP contribution is 2.36. The summed E-state index contributed by atoms with van der Waals surface area (Å²) < 4.78 is 13.4. The molecule has 4 heterocycles. The molecule has 126 valence electrons. The molecule has 2 saturated heterocycles. The third-order valence-corrected chi connectivity index (χ3v) is 5.82. The van der Waals surface area contributed by atoms with Crippen LogP contribution in [0, 0.1) is 0 Å². The first-order valence-electron chi connectivity index (χ1n) is 8.76. The zero-order chi connectivity index (χ0) is 16.3. The number of rotatable bonds is 2. The smallest absolute Gasteiger partial charge is 0.359 e. The molecule has 1 aromatic heterocycles. The molecule has 5 rings (SSSR count). The fraction of sp³-hybridized carbons (Fsp3) is 0.556. The van der Waals surface area contributed by atoms with Crippen molar-refractivity contribution in [2.45, 2.75) is 50.4 Å². The Kier molecular flexibility index (Phi) is 3.10. The van der Waals surface area contributed by atoms with Crippen LogP contribution in [0.4, 0.5) is 0 Å². The minimum absolute atomic E-state index is 0.0101. The van der Waals surface area contributed by atoms with E-state index in [9.17, 15) is 4.79 Å². The maximum atomic E-state index is 12.8. The fourth-order valence-electron chi connectivity index (χ4n) is 4.54. The predicted octanol–water partition coefficient (Wildman–Crippen LogP) is 2.21. The van der Waals surface area contributed by atoms with Gasteiger partial charge in [0, 0.05) is 30.3 Å². The molecule has 6 nitrogen and oxygen atoms in total. The molecule has 0 N–H and O–H groups in total. The van der Waals surface area contributed by atoms with Crippen LogP contribution in [0.3, 0.4) is 0 Å². The van der Waals surface area contributed by atoms with Gasteiger partial charge in [-0.2, -0.15) is 5.10 Å². The van der Waals surface area contributed by atoms with Gasteiger partial charge in [0.05, 0.1) is 6.54 Å². The lowest BCUT2D eigenvalue weighted by atomic mass is 10.0. The van der Waals surface area contributed by atoms with Crippen LogP contribution < -0.4 is 4.74 Å². The van der Waals surface area contributed by atoms with E-state index in [1.165, 1.54) is 12.8 Å². The average molecular weight is 327 g/mol. The number of piperidine rings is 1. The quantitative estimate of drug-likeness (QED) is 0.792. The Balaban J connectivity index is 1.42. The molecule has 6 heteroatoms. The number of esters is 1. The zero-order valence-corrected chi connectivity index (χ0v) is 13.8. The minimum Gasteiger partial charge on any atom is -0.489 e. The highest BCUT2D eigenvalue weighted by molar-refractivity contribution is 6.04. The Morgan fingerprint density at radius 3 is 2.88 bits per heavy atom. The molecule has 24 heavy (non-hydrogen) atoms. The van der Waals surface area contributed by atoms with E-state index in [1.807, 2.05) is 22.9 Å². The fourth-order valence-corrected chi connectivity index (χ4v) is 4.54. The van der Waals surface area contributed by atoms with Gasteiger partial charge in [0.2, 0.25) is 0 Å². The van der Waals surface area contributed by atoms with E-state index < -0.39 is 0 Å². The first kappa shape index (κ1) is 14.3.